The van der Waals surface area contributed by atoms with Crippen molar-refractivity contribution in [2.24, 2.45) is 0 Å². The van der Waals surface area contributed by atoms with Gasteiger partial charge in [-0.2, -0.15) is 0 Å². The van der Waals surface area contributed by atoms with Gasteiger partial charge in [0.25, 0.3) is 0 Å². The van der Waals surface area contributed by atoms with Gasteiger partial charge in [-0.05, 0) is 68.1 Å². The highest BCUT2D eigenvalue weighted by Crippen LogP contribution is 2.34. The Bertz CT molecular complexity index is 1030. The van der Waals surface area contributed by atoms with E-state index in [9.17, 15) is 19.1 Å². The summed E-state index contributed by atoms with van der Waals surface area (Å²) in [5.41, 5.74) is 0.364. The molecule has 0 aromatic heterocycles. The monoisotopic (exact) mass is 523 g/mol. The molecule has 2 aromatic rings. The van der Waals surface area contributed by atoms with Gasteiger partial charge in [0.2, 0.25) is 11.8 Å². The lowest BCUT2D eigenvalue weighted by Crippen LogP contribution is -2.48. The molecule has 2 aromatic carbocycles. The van der Waals surface area contributed by atoms with Gasteiger partial charge in [0.15, 0.2) is 0 Å². The Labute approximate surface area is 215 Å². The lowest BCUT2D eigenvalue weighted by molar-refractivity contribution is -0.128. The second kappa shape index (κ2) is 12.2. The Morgan fingerprint density at radius 3 is 2.37 bits per heavy atom. The zero-order chi connectivity index (χ0) is 25.6. The van der Waals surface area contributed by atoms with Crippen molar-refractivity contribution in [2.75, 3.05) is 26.2 Å². The number of aliphatic hydroxyl groups excluding tert-OH is 1. The van der Waals surface area contributed by atoms with Gasteiger partial charge < -0.3 is 20.6 Å². The Morgan fingerprint density at radius 1 is 1.14 bits per heavy atom. The van der Waals surface area contributed by atoms with Crippen molar-refractivity contribution in [1.29, 1.82) is 0 Å². The van der Waals surface area contributed by atoms with Crippen LogP contribution in [0.25, 0.3) is 0 Å². The number of amides is 2. The molecular formula is C26H32Cl2FN3O3. The van der Waals surface area contributed by atoms with E-state index in [1.807, 2.05) is 6.92 Å². The zero-order valence-electron chi connectivity index (χ0n) is 20.0. The van der Waals surface area contributed by atoms with Crippen LogP contribution in [0.1, 0.15) is 50.3 Å². The SMILES string of the molecule is CC(=O)NC1CCN(CCC(C)(C(=O)N[C@H](CO)c2ccc(F)cc2)c2ccc(Cl)c(Cl)c2)CC1. The quantitative estimate of drug-likeness (QED) is 0.459. The standard InChI is InChI=1S/C26H32Cl2FN3O3/c1-17(34)30-21-9-12-32(13-10-21)14-11-26(2,19-5-8-22(27)23(28)15-19)25(35)31-24(16-33)18-3-6-20(29)7-4-18/h3-8,15,21,24,33H,9-14,16H2,1-2H3,(H,30,34)(H,31,35)/t24-,26?/m1/s1. The van der Waals surface area contributed by atoms with Crippen molar-refractivity contribution in [3.8, 4) is 0 Å². The first kappa shape index (κ1) is 27.4. The first-order valence-corrected chi connectivity index (χ1v) is 12.5. The van der Waals surface area contributed by atoms with E-state index in [1.165, 1.54) is 19.1 Å². The van der Waals surface area contributed by atoms with Gasteiger partial charge in [-0.25, -0.2) is 4.39 Å². The number of likely N-dealkylation sites (tertiary alicyclic amines) is 1. The molecule has 0 saturated carbocycles. The molecule has 190 valence electrons. The highest BCUT2D eigenvalue weighted by atomic mass is 35.5. The molecular weight excluding hydrogens is 492 g/mol. The highest BCUT2D eigenvalue weighted by molar-refractivity contribution is 6.42. The predicted molar refractivity (Wildman–Crippen MR) is 136 cm³/mol. The average molecular weight is 524 g/mol. The van der Waals surface area contributed by atoms with Crippen LogP contribution in [0.3, 0.4) is 0 Å². The van der Waals surface area contributed by atoms with E-state index in [4.69, 9.17) is 23.2 Å². The average Bonchev–Trinajstić information content (AvgIpc) is 2.83. The fourth-order valence-electron chi connectivity index (χ4n) is 4.45. The molecule has 1 unspecified atom stereocenters. The molecule has 3 rings (SSSR count). The van der Waals surface area contributed by atoms with Crippen molar-refractivity contribution < 1.29 is 19.1 Å². The van der Waals surface area contributed by atoms with Crippen LogP contribution in [0.4, 0.5) is 4.39 Å². The fraction of sp³-hybridized carbons (Fsp3) is 0.462. The molecule has 35 heavy (non-hydrogen) atoms. The Kier molecular flexibility index (Phi) is 9.53. The summed E-state index contributed by atoms with van der Waals surface area (Å²) in [5.74, 6) is -0.681. The number of hydrogen-bond donors (Lipinski definition) is 3. The fourth-order valence-corrected chi connectivity index (χ4v) is 4.74. The van der Waals surface area contributed by atoms with Crippen molar-refractivity contribution in [3.05, 3.63) is 69.5 Å². The van der Waals surface area contributed by atoms with Crippen LogP contribution >= 0.6 is 23.2 Å². The smallest absolute Gasteiger partial charge is 0.230 e. The number of nitrogens with zero attached hydrogens (tertiary/aromatic N) is 1. The number of piperidine rings is 1. The molecule has 1 heterocycles. The van der Waals surface area contributed by atoms with Crippen molar-refractivity contribution >= 4 is 35.0 Å². The molecule has 0 aliphatic carbocycles. The minimum atomic E-state index is -0.962. The van der Waals surface area contributed by atoms with Gasteiger partial charge >= 0.3 is 0 Å². The van der Waals surface area contributed by atoms with Crippen LogP contribution in [0.15, 0.2) is 42.5 Å². The summed E-state index contributed by atoms with van der Waals surface area (Å²) in [6.07, 6.45) is 2.21. The van der Waals surface area contributed by atoms with Gasteiger partial charge in [0, 0.05) is 26.1 Å². The Balaban J connectivity index is 1.77. The summed E-state index contributed by atoms with van der Waals surface area (Å²) in [6, 6.07) is 10.4. The number of hydrogen-bond acceptors (Lipinski definition) is 4. The van der Waals surface area contributed by atoms with E-state index in [0.717, 1.165) is 25.9 Å². The molecule has 0 radical (unpaired) electrons. The number of carbonyl (C=O) groups excluding carboxylic acids is 2. The molecule has 6 nitrogen and oxygen atoms in total. The lowest BCUT2D eigenvalue weighted by atomic mass is 9.78. The number of carbonyl (C=O) groups is 2. The summed E-state index contributed by atoms with van der Waals surface area (Å²) < 4.78 is 13.4. The van der Waals surface area contributed by atoms with Gasteiger partial charge in [-0.3, -0.25) is 9.59 Å². The van der Waals surface area contributed by atoms with Crippen molar-refractivity contribution in [1.82, 2.24) is 15.5 Å². The predicted octanol–water partition coefficient (Wildman–Crippen LogP) is 4.23. The maximum atomic E-state index is 13.7. The second-order valence-corrected chi connectivity index (χ2v) is 10.1. The number of nitrogens with one attached hydrogen (secondary N) is 2. The topological polar surface area (TPSA) is 81.7 Å². The minimum absolute atomic E-state index is 0.0214. The minimum Gasteiger partial charge on any atom is -0.394 e. The lowest BCUT2D eigenvalue weighted by Gasteiger charge is -2.36. The third kappa shape index (κ3) is 7.17. The first-order valence-electron chi connectivity index (χ1n) is 11.7. The maximum Gasteiger partial charge on any atom is 0.230 e. The molecule has 1 aliphatic rings. The Hall–Kier alpha value is -2.19. The molecule has 1 aliphatic heterocycles. The molecule has 1 saturated heterocycles. The van der Waals surface area contributed by atoms with Crippen LogP contribution in [0.5, 0.6) is 0 Å². The van der Waals surface area contributed by atoms with Gasteiger partial charge in [-0.15, -0.1) is 0 Å². The highest BCUT2D eigenvalue weighted by Gasteiger charge is 2.37. The molecule has 2 amide bonds. The second-order valence-electron chi connectivity index (χ2n) is 9.29. The normalized spacial score (nSPS) is 17.4. The molecule has 9 heteroatoms. The third-order valence-corrected chi connectivity index (χ3v) is 7.48. The Morgan fingerprint density at radius 2 is 1.80 bits per heavy atom. The van der Waals surface area contributed by atoms with Crippen LogP contribution < -0.4 is 10.6 Å². The van der Waals surface area contributed by atoms with Crippen LogP contribution in [0.2, 0.25) is 10.0 Å². The van der Waals surface area contributed by atoms with Crippen LogP contribution in [-0.4, -0.2) is 54.1 Å². The number of aliphatic hydroxyl groups is 1. The summed E-state index contributed by atoms with van der Waals surface area (Å²) in [6.45, 7) is 5.35. The van der Waals surface area contributed by atoms with E-state index in [0.29, 0.717) is 34.1 Å². The molecule has 1 fully saturated rings. The molecule has 0 bridgehead atoms. The van der Waals surface area contributed by atoms with E-state index < -0.39 is 11.5 Å². The van der Waals surface area contributed by atoms with Gasteiger partial charge in [0.05, 0.1) is 28.1 Å². The van der Waals surface area contributed by atoms with Gasteiger partial charge in [0.1, 0.15) is 5.82 Å². The summed E-state index contributed by atoms with van der Waals surface area (Å²) in [4.78, 5) is 27.3. The first-order chi connectivity index (χ1) is 16.6. The molecule has 2 atom stereocenters. The van der Waals surface area contributed by atoms with Gasteiger partial charge in [-0.1, -0.05) is 41.4 Å². The summed E-state index contributed by atoms with van der Waals surface area (Å²) >= 11 is 12.4. The van der Waals surface area contributed by atoms with Crippen LogP contribution in [-0.2, 0) is 15.0 Å². The molecule has 0 spiro atoms. The van der Waals surface area contributed by atoms with E-state index in [2.05, 4.69) is 15.5 Å². The third-order valence-electron chi connectivity index (χ3n) is 6.74. The zero-order valence-corrected chi connectivity index (χ0v) is 21.5. The van der Waals surface area contributed by atoms with Crippen molar-refractivity contribution in [2.45, 2.75) is 50.6 Å². The van der Waals surface area contributed by atoms with Crippen LogP contribution in [0, 0.1) is 5.82 Å². The summed E-state index contributed by atoms with van der Waals surface area (Å²) in [7, 11) is 0. The van der Waals surface area contributed by atoms with Crippen molar-refractivity contribution in [3.63, 3.8) is 0 Å². The maximum absolute atomic E-state index is 13.7. The number of rotatable bonds is 9. The number of benzene rings is 2. The largest absolute Gasteiger partial charge is 0.394 e. The van der Waals surface area contributed by atoms with E-state index in [-0.39, 0.29) is 30.3 Å². The number of halogens is 3. The summed E-state index contributed by atoms with van der Waals surface area (Å²) in [5, 5.41) is 16.6. The van der Waals surface area contributed by atoms with E-state index >= 15 is 0 Å². The van der Waals surface area contributed by atoms with E-state index in [1.54, 1.807) is 30.3 Å². The molecule has 3 N–H and O–H groups in total.